The molecule has 2 aliphatic heterocycles. The van der Waals surface area contributed by atoms with Gasteiger partial charge in [0.15, 0.2) is 5.96 Å². The van der Waals surface area contributed by atoms with Gasteiger partial charge in [-0.1, -0.05) is 6.07 Å². The fourth-order valence-electron chi connectivity index (χ4n) is 3.95. The molecule has 1 aromatic heterocycles. The van der Waals surface area contributed by atoms with Gasteiger partial charge in [0.25, 0.3) is 0 Å². The van der Waals surface area contributed by atoms with Crippen molar-refractivity contribution in [3.05, 3.63) is 48.4 Å². The lowest BCUT2D eigenvalue weighted by molar-refractivity contribution is 0.187. The van der Waals surface area contributed by atoms with Gasteiger partial charge in [0, 0.05) is 70.0 Å². The third-order valence-electron chi connectivity index (χ3n) is 5.76. The number of aliphatic imine (C=N–C) groups is 1. The Balaban J connectivity index is 0.00000272. The number of piperazine rings is 1. The molecule has 170 valence electrons. The van der Waals surface area contributed by atoms with Crippen LogP contribution in [0.15, 0.2) is 52.1 Å². The zero-order valence-electron chi connectivity index (χ0n) is 18.2. The second-order valence-corrected chi connectivity index (χ2v) is 7.83. The molecular formula is C23H33IN4O3. The lowest BCUT2D eigenvalue weighted by atomic mass is 10.1. The fourth-order valence-corrected chi connectivity index (χ4v) is 3.95. The Kier molecular flexibility index (Phi) is 9.32. The number of halogens is 1. The number of hydrogen-bond donors (Lipinski definition) is 1. The number of guanidine groups is 1. The number of methoxy groups -OCH3 is 1. The van der Waals surface area contributed by atoms with Gasteiger partial charge in [0.05, 0.1) is 20.0 Å². The topological polar surface area (TPSA) is 62.5 Å². The Morgan fingerprint density at radius 1 is 1.19 bits per heavy atom. The van der Waals surface area contributed by atoms with Crippen molar-refractivity contribution in [1.29, 1.82) is 0 Å². The molecule has 1 atom stereocenters. The number of anilines is 1. The normalized spacial score (nSPS) is 19.3. The maximum Gasteiger partial charge on any atom is 0.194 e. The molecule has 0 aliphatic carbocycles. The predicted molar refractivity (Wildman–Crippen MR) is 134 cm³/mol. The van der Waals surface area contributed by atoms with E-state index in [1.54, 1.807) is 13.4 Å². The fraction of sp³-hybridized carbons (Fsp3) is 0.522. The van der Waals surface area contributed by atoms with Crippen molar-refractivity contribution in [3.8, 4) is 5.75 Å². The van der Waals surface area contributed by atoms with Crippen LogP contribution in [0.25, 0.3) is 0 Å². The minimum atomic E-state index is 0. The van der Waals surface area contributed by atoms with Gasteiger partial charge in [-0.25, -0.2) is 0 Å². The first-order valence-electron chi connectivity index (χ1n) is 10.8. The average molecular weight is 540 g/mol. The summed E-state index contributed by atoms with van der Waals surface area (Å²) in [5.74, 6) is 3.42. The summed E-state index contributed by atoms with van der Waals surface area (Å²) in [6, 6.07) is 12.2. The molecule has 0 radical (unpaired) electrons. The number of benzene rings is 1. The van der Waals surface area contributed by atoms with Gasteiger partial charge in [-0.2, -0.15) is 0 Å². The van der Waals surface area contributed by atoms with E-state index >= 15 is 0 Å². The SMILES string of the molecule is COc1cccc(N2CCN(C(=NCC3CCOC3)NCCc3ccco3)CC2)c1.I. The van der Waals surface area contributed by atoms with Gasteiger partial charge in [0.2, 0.25) is 0 Å². The highest BCUT2D eigenvalue weighted by atomic mass is 127. The quantitative estimate of drug-likeness (QED) is 0.331. The van der Waals surface area contributed by atoms with Gasteiger partial charge < -0.3 is 29.0 Å². The van der Waals surface area contributed by atoms with Crippen molar-refractivity contribution >= 4 is 35.6 Å². The molecule has 1 N–H and O–H groups in total. The lowest BCUT2D eigenvalue weighted by Gasteiger charge is -2.38. The van der Waals surface area contributed by atoms with E-state index in [1.807, 2.05) is 24.3 Å². The van der Waals surface area contributed by atoms with Crippen molar-refractivity contribution in [2.75, 3.05) is 64.5 Å². The van der Waals surface area contributed by atoms with Crippen molar-refractivity contribution in [3.63, 3.8) is 0 Å². The monoisotopic (exact) mass is 540 g/mol. The van der Waals surface area contributed by atoms with Crippen LogP contribution in [0.4, 0.5) is 5.69 Å². The van der Waals surface area contributed by atoms with E-state index < -0.39 is 0 Å². The van der Waals surface area contributed by atoms with Crippen molar-refractivity contribution < 1.29 is 13.9 Å². The number of nitrogens with one attached hydrogen (secondary N) is 1. The van der Waals surface area contributed by atoms with Crippen LogP contribution in [0.3, 0.4) is 0 Å². The van der Waals surface area contributed by atoms with Crippen LogP contribution in [-0.4, -0.2) is 70.5 Å². The van der Waals surface area contributed by atoms with Crippen molar-refractivity contribution in [2.45, 2.75) is 12.8 Å². The van der Waals surface area contributed by atoms with E-state index in [4.69, 9.17) is 18.9 Å². The number of nitrogens with zero attached hydrogens (tertiary/aromatic N) is 3. The minimum absolute atomic E-state index is 0. The average Bonchev–Trinajstić information content (AvgIpc) is 3.51. The van der Waals surface area contributed by atoms with E-state index in [2.05, 4.69) is 27.2 Å². The van der Waals surface area contributed by atoms with Gasteiger partial charge >= 0.3 is 0 Å². The van der Waals surface area contributed by atoms with Crippen LogP contribution in [0.5, 0.6) is 5.75 Å². The predicted octanol–water partition coefficient (Wildman–Crippen LogP) is 3.25. The van der Waals surface area contributed by atoms with Crippen molar-refractivity contribution in [1.82, 2.24) is 10.2 Å². The van der Waals surface area contributed by atoms with E-state index in [9.17, 15) is 0 Å². The molecule has 31 heavy (non-hydrogen) atoms. The minimum Gasteiger partial charge on any atom is -0.497 e. The highest BCUT2D eigenvalue weighted by molar-refractivity contribution is 14.0. The molecule has 0 amide bonds. The molecule has 0 saturated carbocycles. The summed E-state index contributed by atoms with van der Waals surface area (Å²) in [4.78, 5) is 9.73. The smallest absolute Gasteiger partial charge is 0.194 e. The number of ether oxygens (including phenoxy) is 2. The highest BCUT2D eigenvalue weighted by Gasteiger charge is 2.21. The zero-order chi connectivity index (χ0) is 20.6. The number of furan rings is 1. The second kappa shape index (κ2) is 12.2. The Labute approximate surface area is 201 Å². The molecule has 8 heteroatoms. The van der Waals surface area contributed by atoms with Crippen molar-refractivity contribution in [2.24, 2.45) is 10.9 Å². The van der Waals surface area contributed by atoms with E-state index in [0.29, 0.717) is 5.92 Å². The van der Waals surface area contributed by atoms with E-state index in [-0.39, 0.29) is 24.0 Å². The summed E-state index contributed by atoms with van der Waals surface area (Å²) in [6.07, 6.45) is 3.68. The molecule has 4 rings (SSSR count). The summed E-state index contributed by atoms with van der Waals surface area (Å²) >= 11 is 0. The largest absolute Gasteiger partial charge is 0.497 e. The standard InChI is InChI=1S/C23H32N4O3.HI/c1-28-22-5-2-4-20(16-22)26-10-12-27(13-11-26)23(25-17-19-8-15-29-18-19)24-9-7-21-6-3-14-30-21;/h2-6,14,16,19H,7-13,15,17-18H2,1H3,(H,24,25);1H. The van der Waals surface area contributed by atoms with Gasteiger partial charge in [-0.3, -0.25) is 4.99 Å². The van der Waals surface area contributed by atoms with E-state index in [1.165, 1.54) is 5.69 Å². The third kappa shape index (κ3) is 6.77. The Morgan fingerprint density at radius 3 is 2.77 bits per heavy atom. The first-order chi connectivity index (χ1) is 14.8. The molecule has 2 saturated heterocycles. The van der Waals surface area contributed by atoms with Crippen LogP contribution in [-0.2, 0) is 11.2 Å². The first kappa shape index (κ1) is 23.7. The van der Waals surface area contributed by atoms with Crippen LogP contribution in [0.2, 0.25) is 0 Å². The maximum atomic E-state index is 5.51. The molecule has 0 bridgehead atoms. The second-order valence-electron chi connectivity index (χ2n) is 7.83. The molecule has 7 nitrogen and oxygen atoms in total. The number of hydrogen-bond acceptors (Lipinski definition) is 5. The van der Waals surface area contributed by atoms with Crippen LogP contribution in [0.1, 0.15) is 12.2 Å². The van der Waals surface area contributed by atoms with Gasteiger partial charge in [-0.05, 0) is 30.7 Å². The first-order valence-corrected chi connectivity index (χ1v) is 10.8. The molecule has 1 aromatic carbocycles. The third-order valence-corrected chi connectivity index (χ3v) is 5.76. The molecule has 2 fully saturated rings. The number of rotatable bonds is 7. The molecule has 2 aliphatic rings. The molecule has 1 unspecified atom stereocenters. The molecular weight excluding hydrogens is 507 g/mol. The molecule has 3 heterocycles. The lowest BCUT2D eigenvalue weighted by Crippen LogP contribution is -2.53. The van der Waals surface area contributed by atoms with Gasteiger partial charge in [-0.15, -0.1) is 24.0 Å². The molecule has 0 spiro atoms. The summed E-state index contributed by atoms with van der Waals surface area (Å²) in [5.41, 5.74) is 1.21. The van der Waals surface area contributed by atoms with Crippen LogP contribution in [0, 0.1) is 5.92 Å². The summed E-state index contributed by atoms with van der Waals surface area (Å²) in [5, 5.41) is 3.56. The van der Waals surface area contributed by atoms with Crippen LogP contribution < -0.4 is 15.0 Å². The van der Waals surface area contributed by atoms with Gasteiger partial charge in [0.1, 0.15) is 11.5 Å². The van der Waals surface area contributed by atoms with E-state index in [0.717, 1.165) is 82.8 Å². The van der Waals surface area contributed by atoms with Crippen LogP contribution >= 0.6 is 24.0 Å². The summed E-state index contributed by atoms with van der Waals surface area (Å²) < 4.78 is 16.3. The zero-order valence-corrected chi connectivity index (χ0v) is 20.5. The Morgan fingerprint density at radius 2 is 2.06 bits per heavy atom. The highest BCUT2D eigenvalue weighted by Crippen LogP contribution is 2.22. The summed E-state index contributed by atoms with van der Waals surface area (Å²) in [7, 11) is 1.71. The molecule has 2 aromatic rings. The summed E-state index contributed by atoms with van der Waals surface area (Å²) in [6.45, 7) is 7.10. The maximum absolute atomic E-state index is 5.51. The Hall–Kier alpha value is -1.94. The Bertz CT molecular complexity index is 801.